The van der Waals surface area contributed by atoms with Crippen molar-refractivity contribution < 1.29 is 19.7 Å². The van der Waals surface area contributed by atoms with Gasteiger partial charge in [-0.3, -0.25) is 4.79 Å². The van der Waals surface area contributed by atoms with E-state index in [9.17, 15) is 9.90 Å². The summed E-state index contributed by atoms with van der Waals surface area (Å²) in [5.41, 5.74) is 0.668. The topological polar surface area (TPSA) is 78.8 Å². The third-order valence-corrected chi connectivity index (χ3v) is 4.08. The van der Waals surface area contributed by atoms with E-state index in [1.807, 2.05) is 17.5 Å². The van der Waals surface area contributed by atoms with Crippen LogP contribution < -0.4 is 10.1 Å². The predicted octanol–water partition coefficient (Wildman–Crippen LogP) is 2.77. The number of hydrogen-bond donors (Lipinski definition) is 3. The molecule has 1 aromatic heterocycles. The summed E-state index contributed by atoms with van der Waals surface area (Å²) in [4.78, 5) is 11.9. The lowest BCUT2D eigenvalue weighted by Gasteiger charge is -2.16. The van der Waals surface area contributed by atoms with Gasteiger partial charge < -0.3 is 20.3 Å². The van der Waals surface area contributed by atoms with Crippen LogP contribution >= 0.6 is 11.3 Å². The number of carboxylic acid groups (broad SMARTS) is 1. The number of phenolic OH excluding ortho intramolecular Hbond substituents is 1. The van der Waals surface area contributed by atoms with E-state index in [4.69, 9.17) is 9.84 Å². The molecule has 21 heavy (non-hydrogen) atoms. The molecule has 1 aromatic carbocycles. The summed E-state index contributed by atoms with van der Waals surface area (Å²) in [7, 11) is 1.56. The molecule has 0 saturated heterocycles. The fourth-order valence-corrected chi connectivity index (χ4v) is 2.80. The van der Waals surface area contributed by atoms with Crippen LogP contribution in [0.25, 0.3) is 0 Å². The predicted molar refractivity (Wildman–Crippen MR) is 80.8 cm³/mol. The van der Waals surface area contributed by atoms with Gasteiger partial charge in [-0.05, 0) is 29.6 Å². The number of methoxy groups -OCH3 is 1. The molecule has 0 saturated carbocycles. The van der Waals surface area contributed by atoms with Crippen LogP contribution in [0.15, 0.2) is 35.7 Å². The summed E-state index contributed by atoms with van der Waals surface area (Å²) >= 11 is 1.51. The Morgan fingerprint density at radius 1 is 1.43 bits per heavy atom. The maximum Gasteiger partial charge on any atom is 0.305 e. The van der Waals surface area contributed by atoms with E-state index in [0.29, 0.717) is 17.9 Å². The van der Waals surface area contributed by atoms with E-state index in [1.165, 1.54) is 11.3 Å². The van der Waals surface area contributed by atoms with E-state index in [2.05, 4.69) is 5.32 Å². The van der Waals surface area contributed by atoms with Crippen LogP contribution in [0.5, 0.6) is 11.5 Å². The van der Waals surface area contributed by atoms with Crippen LogP contribution in [-0.4, -0.2) is 23.3 Å². The molecule has 0 aliphatic rings. The number of carbonyl (C=O) groups is 1. The highest BCUT2D eigenvalue weighted by molar-refractivity contribution is 7.10. The first-order valence-corrected chi connectivity index (χ1v) is 7.32. The van der Waals surface area contributed by atoms with Crippen LogP contribution in [0.1, 0.15) is 22.9 Å². The van der Waals surface area contributed by atoms with Crippen molar-refractivity contribution in [2.24, 2.45) is 0 Å². The molecule has 0 spiro atoms. The van der Waals surface area contributed by atoms with Gasteiger partial charge >= 0.3 is 5.97 Å². The lowest BCUT2D eigenvalue weighted by atomic mass is 10.1. The maximum atomic E-state index is 11.0. The van der Waals surface area contributed by atoms with Gasteiger partial charge in [-0.1, -0.05) is 6.07 Å². The molecule has 6 heteroatoms. The first-order chi connectivity index (χ1) is 10.1. The smallest absolute Gasteiger partial charge is 0.305 e. The minimum Gasteiger partial charge on any atom is -0.508 e. The molecule has 2 aromatic rings. The fourth-order valence-electron chi connectivity index (χ4n) is 2.00. The van der Waals surface area contributed by atoms with Crippen LogP contribution in [0.3, 0.4) is 0 Å². The van der Waals surface area contributed by atoms with Gasteiger partial charge in [0.1, 0.15) is 11.5 Å². The molecule has 0 aliphatic heterocycles. The van der Waals surface area contributed by atoms with E-state index in [-0.39, 0.29) is 18.2 Å². The van der Waals surface area contributed by atoms with Gasteiger partial charge in [-0.2, -0.15) is 0 Å². The molecule has 1 unspecified atom stereocenters. The second-order valence-electron chi connectivity index (χ2n) is 4.54. The number of nitrogens with one attached hydrogen (secondary N) is 1. The number of rotatable bonds is 7. The van der Waals surface area contributed by atoms with Gasteiger partial charge in [-0.15, -0.1) is 11.3 Å². The van der Waals surface area contributed by atoms with Crippen LogP contribution in [0.4, 0.5) is 0 Å². The molecule has 0 amide bonds. The van der Waals surface area contributed by atoms with Crippen molar-refractivity contribution in [2.45, 2.75) is 19.0 Å². The molecule has 2 rings (SSSR count). The first kappa shape index (κ1) is 15.3. The highest BCUT2D eigenvalue weighted by Crippen LogP contribution is 2.26. The molecule has 5 nitrogen and oxygen atoms in total. The van der Waals surface area contributed by atoms with Crippen molar-refractivity contribution in [3.05, 3.63) is 46.2 Å². The quantitative estimate of drug-likeness (QED) is 0.733. The average molecular weight is 307 g/mol. The molecule has 112 valence electrons. The van der Waals surface area contributed by atoms with Crippen molar-refractivity contribution in [3.63, 3.8) is 0 Å². The Balaban J connectivity index is 2.09. The summed E-state index contributed by atoms with van der Waals surface area (Å²) < 4.78 is 5.12. The average Bonchev–Trinajstić information content (AvgIpc) is 2.98. The summed E-state index contributed by atoms with van der Waals surface area (Å²) in [5, 5.41) is 23.9. The normalized spacial score (nSPS) is 12.0. The maximum absolute atomic E-state index is 11.0. The van der Waals surface area contributed by atoms with Gasteiger partial charge in [0.2, 0.25) is 0 Å². The zero-order valence-electron chi connectivity index (χ0n) is 11.6. The number of thiophene rings is 1. The van der Waals surface area contributed by atoms with Gasteiger partial charge in [0, 0.05) is 17.0 Å². The van der Waals surface area contributed by atoms with E-state index >= 15 is 0 Å². The van der Waals surface area contributed by atoms with Crippen molar-refractivity contribution in [1.29, 1.82) is 0 Å². The van der Waals surface area contributed by atoms with Crippen LogP contribution in [-0.2, 0) is 11.3 Å². The second-order valence-corrected chi connectivity index (χ2v) is 5.52. The zero-order valence-corrected chi connectivity index (χ0v) is 12.4. The van der Waals surface area contributed by atoms with Gasteiger partial charge in [0.25, 0.3) is 0 Å². The lowest BCUT2D eigenvalue weighted by molar-refractivity contribution is -0.137. The molecule has 1 heterocycles. The summed E-state index contributed by atoms with van der Waals surface area (Å²) in [6.45, 7) is 0.360. The Morgan fingerprint density at radius 3 is 2.86 bits per heavy atom. The summed E-state index contributed by atoms with van der Waals surface area (Å²) in [5.74, 6) is -0.0603. The Morgan fingerprint density at radius 2 is 2.24 bits per heavy atom. The monoisotopic (exact) mass is 307 g/mol. The van der Waals surface area contributed by atoms with E-state index in [0.717, 1.165) is 4.88 Å². The van der Waals surface area contributed by atoms with E-state index < -0.39 is 5.97 Å². The number of phenols is 1. The van der Waals surface area contributed by atoms with Gasteiger partial charge in [-0.25, -0.2) is 0 Å². The zero-order chi connectivity index (χ0) is 15.2. The molecule has 1 atom stereocenters. The van der Waals surface area contributed by atoms with Crippen LogP contribution in [0.2, 0.25) is 0 Å². The summed E-state index contributed by atoms with van der Waals surface area (Å²) in [6.07, 6.45) is -0.00869. The molecular weight excluding hydrogens is 290 g/mol. The number of aromatic hydroxyl groups is 1. The van der Waals surface area contributed by atoms with Gasteiger partial charge in [0.05, 0.1) is 19.6 Å². The number of carboxylic acids is 1. The third kappa shape index (κ3) is 4.21. The molecule has 0 radical (unpaired) electrons. The molecule has 3 N–H and O–H groups in total. The van der Waals surface area contributed by atoms with Crippen LogP contribution in [0, 0.1) is 0 Å². The number of benzene rings is 1. The molecular formula is C15H17NO4S. The lowest BCUT2D eigenvalue weighted by Crippen LogP contribution is -2.22. The first-order valence-electron chi connectivity index (χ1n) is 6.44. The minimum atomic E-state index is -0.865. The second kappa shape index (κ2) is 7.10. The van der Waals surface area contributed by atoms with Gasteiger partial charge in [0.15, 0.2) is 0 Å². The number of ether oxygens (including phenoxy) is 1. The SMILES string of the molecule is COc1ccc(O)c(CNC(CC(=O)O)c2cccs2)c1. The Bertz CT molecular complexity index is 598. The Hall–Kier alpha value is -2.05. The van der Waals surface area contributed by atoms with Crippen molar-refractivity contribution >= 4 is 17.3 Å². The molecule has 0 aliphatic carbocycles. The Labute approximate surface area is 126 Å². The van der Waals surface area contributed by atoms with E-state index in [1.54, 1.807) is 25.3 Å². The minimum absolute atomic E-state index is 0.00869. The fraction of sp³-hybridized carbons (Fsp3) is 0.267. The highest BCUT2D eigenvalue weighted by Gasteiger charge is 2.16. The summed E-state index contributed by atoms with van der Waals surface area (Å²) in [6, 6.07) is 8.47. The number of hydrogen-bond acceptors (Lipinski definition) is 5. The molecule has 0 fully saturated rings. The van der Waals surface area contributed by atoms with Crippen molar-refractivity contribution in [1.82, 2.24) is 5.32 Å². The standard InChI is InChI=1S/C15H17NO4S/c1-20-11-4-5-13(17)10(7-11)9-16-12(8-15(18)19)14-3-2-6-21-14/h2-7,12,16-17H,8-9H2,1H3,(H,18,19). The van der Waals surface area contributed by atoms with Crippen molar-refractivity contribution in [3.8, 4) is 11.5 Å². The third-order valence-electron chi connectivity index (χ3n) is 3.09. The highest BCUT2D eigenvalue weighted by atomic mass is 32.1. The number of aliphatic carboxylic acids is 1. The van der Waals surface area contributed by atoms with Crippen molar-refractivity contribution in [2.75, 3.05) is 7.11 Å². The molecule has 0 bridgehead atoms. The largest absolute Gasteiger partial charge is 0.508 e. The Kier molecular flexibility index (Phi) is 5.19.